The maximum absolute atomic E-state index is 2.27. The van der Waals surface area contributed by atoms with Crippen LogP contribution < -0.4 is 5.46 Å². The van der Waals surface area contributed by atoms with E-state index in [1.807, 2.05) is 0 Å². The molecule has 0 unspecified atom stereocenters. The number of aryl methyl sites for hydroxylation is 1. The van der Waals surface area contributed by atoms with Crippen LogP contribution in [0.1, 0.15) is 42.0 Å². The van der Waals surface area contributed by atoms with E-state index in [0.29, 0.717) is 5.92 Å². The SMILES string of the molecule is Bc1c(Cc2ccccc2-c2ccccc2C)cccc1C(C)C. The van der Waals surface area contributed by atoms with Crippen molar-refractivity contribution in [3.05, 3.63) is 89.0 Å². The lowest BCUT2D eigenvalue weighted by molar-refractivity contribution is 0.871. The molecule has 0 saturated heterocycles. The van der Waals surface area contributed by atoms with Gasteiger partial charge in [0.15, 0.2) is 0 Å². The first-order chi connectivity index (χ1) is 11.6. The second-order valence-corrected chi connectivity index (χ2v) is 6.93. The molecule has 24 heavy (non-hydrogen) atoms. The van der Waals surface area contributed by atoms with Crippen LogP contribution in [0.4, 0.5) is 0 Å². The van der Waals surface area contributed by atoms with Gasteiger partial charge in [-0.2, -0.15) is 0 Å². The first-order valence-electron chi connectivity index (χ1n) is 8.80. The Bertz CT molecular complexity index is 846. The summed E-state index contributed by atoms with van der Waals surface area (Å²) < 4.78 is 0. The lowest BCUT2D eigenvalue weighted by Gasteiger charge is -2.17. The molecule has 0 nitrogen and oxygen atoms in total. The zero-order chi connectivity index (χ0) is 17.1. The van der Waals surface area contributed by atoms with Crippen molar-refractivity contribution in [2.75, 3.05) is 0 Å². The summed E-state index contributed by atoms with van der Waals surface area (Å²) in [5.74, 6) is 0.566. The lowest BCUT2D eigenvalue weighted by atomic mass is 9.79. The summed E-state index contributed by atoms with van der Waals surface area (Å²) in [7, 11) is 2.26. The third-order valence-corrected chi connectivity index (χ3v) is 4.94. The molecule has 0 aliphatic carbocycles. The van der Waals surface area contributed by atoms with Crippen LogP contribution in [0.2, 0.25) is 0 Å². The molecule has 0 bridgehead atoms. The molecule has 3 aromatic carbocycles. The molecule has 0 N–H and O–H groups in total. The van der Waals surface area contributed by atoms with Gasteiger partial charge in [0.2, 0.25) is 0 Å². The molecule has 1 heteroatoms. The topological polar surface area (TPSA) is 0 Å². The molecule has 0 aliphatic rings. The minimum Gasteiger partial charge on any atom is -0.0821 e. The maximum Gasteiger partial charge on any atom is 0.140 e. The molecule has 120 valence electrons. The highest BCUT2D eigenvalue weighted by Crippen LogP contribution is 2.28. The van der Waals surface area contributed by atoms with Gasteiger partial charge in [-0.25, -0.2) is 0 Å². The molecule has 0 amide bonds. The van der Waals surface area contributed by atoms with Crippen molar-refractivity contribution >= 4 is 13.3 Å². The zero-order valence-corrected chi connectivity index (χ0v) is 15.1. The summed E-state index contributed by atoms with van der Waals surface area (Å²) in [5, 5.41) is 0. The van der Waals surface area contributed by atoms with E-state index in [9.17, 15) is 0 Å². The van der Waals surface area contributed by atoms with Crippen LogP contribution in [0.15, 0.2) is 66.7 Å². The summed E-state index contributed by atoms with van der Waals surface area (Å²) in [6.07, 6.45) is 0.983. The van der Waals surface area contributed by atoms with Crippen molar-refractivity contribution in [2.24, 2.45) is 0 Å². The van der Waals surface area contributed by atoms with Crippen LogP contribution in [-0.4, -0.2) is 7.85 Å². The van der Waals surface area contributed by atoms with E-state index in [1.165, 1.54) is 38.8 Å². The standard InChI is InChI=1S/C23H25B/c1-16(2)20-14-8-11-19(23(20)24)15-18-10-5-7-13-22(18)21-12-6-4-9-17(21)3/h4-14,16H,15,24H2,1-3H3. The molecular formula is C23H25B. The van der Waals surface area contributed by atoms with Gasteiger partial charge in [-0.05, 0) is 47.1 Å². The Morgan fingerprint density at radius 3 is 2.08 bits per heavy atom. The van der Waals surface area contributed by atoms with E-state index in [-0.39, 0.29) is 0 Å². The van der Waals surface area contributed by atoms with Crippen molar-refractivity contribution in [3.8, 4) is 11.1 Å². The lowest BCUT2D eigenvalue weighted by Crippen LogP contribution is -2.17. The Hall–Kier alpha value is -2.28. The van der Waals surface area contributed by atoms with E-state index in [4.69, 9.17) is 0 Å². The highest BCUT2D eigenvalue weighted by atomic mass is 14.1. The van der Waals surface area contributed by atoms with Gasteiger partial charge in [0.05, 0.1) is 0 Å². The number of hydrogen-bond donors (Lipinski definition) is 0. The minimum atomic E-state index is 0.566. The fourth-order valence-corrected chi connectivity index (χ4v) is 3.54. The number of hydrogen-bond acceptors (Lipinski definition) is 0. The Morgan fingerprint density at radius 1 is 0.750 bits per heavy atom. The first kappa shape index (κ1) is 16.6. The molecule has 0 fully saturated rings. The molecule has 0 radical (unpaired) electrons. The Kier molecular flexibility index (Phi) is 4.90. The summed E-state index contributed by atoms with van der Waals surface area (Å²) in [4.78, 5) is 0. The highest BCUT2D eigenvalue weighted by molar-refractivity contribution is 6.34. The average Bonchev–Trinajstić information content (AvgIpc) is 2.57. The van der Waals surface area contributed by atoms with Gasteiger partial charge in [-0.3, -0.25) is 0 Å². The largest absolute Gasteiger partial charge is 0.140 e. The summed E-state index contributed by atoms with van der Waals surface area (Å²) in [6, 6.07) is 24.2. The summed E-state index contributed by atoms with van der Waals surface area (Å²) in [6.45, 7) is 6.73. The summed E-state index contributed by atoms with van der Waals surface area (Å²) >= 11 is 0. The van der Waals surface area contributed by atoms with E-state index < -0.39 is 0 Å². The normalized spacial score (nSPS) is 11.0. The van der Waals surface area contributed by atoms with Crippen molar-refractivity contribution < 1.29 is 0 Å². The van der Waals surface area contributed by atoms with Gasteiger partial charge < -0.3 is 0 Å². The van der Waals surface area contributed by atoms with Crippen molar-refractivity contribution in [1.29, 1.82) is 0 Å². The van der Waals surface area contributed by atoms with Crippen LogP contribution >= 0.6 is 0 Å². The van der Waals surface area contributed by atoms with Crippen molar-refractivity contribution in [3.63, 3.8) is 0 Å². The second kappa shape index (κ2) is 7.09. The maximum atomic E-state index is 2.27. The van der Waals surface area contributed by atoms with Crippen molar-refractivity contribution in [2.45, 2.75) is 33.1 Å². The van der Waals surface area contributed by atoms with Gasteiger partial charge in [0.1, 0.15) is 7.85 Å². The molecule has 0 aliphatic heterocycles. The molecule has 0 spiro atoms. The van der Waals surface area contributed by atoms with Crippen LogP contribution in [0.25, 0.3) is 11.1 Å². The van der Waals surface area contributed by atoms with Crippen molar-refractivity contribution in [1.82, 2.24) is 0 Å². The van der Waals surface area contributed by atoms with Gasteiger partial charge in [-0.1, -0.05) is 91.6 Å². The van der Waals surface area contributed by atoms with Crippen LogP contribution in [0.3, 0.4) is 0 Å². The monoisotopic (exact) mass is 312 g/mol. The van der Waals surface area contributed by atoms with Crippen LogP contribution in [-0.2, 0) is 6.42 Å². The molecule has 3 rings (SSSR count). The van der Waals surface area contributed by atoms with Gasteiger partial charge in [0, 0.05) is 0 Å². The minimum absolute atomic E-state index is 0.566. The van der Waals surface area contributed by atoms with Crippen LogP contribution in [0.5, 0.6) is 0 Å². The Morgan fingerprint density at radius 2 is 1.38 bits per heavy atom. The summed E-state index contributed by atoms with van der Waals surface area (Å²) in [5.41, 5.74) is 9.75. The quantitative estimate of drug-likeness (QED) is 0.616. The smallest absolute Gasteiger partial charge is 0.0821 e. The predicted octanol–water partition coefficient (Wildman–Crippen LogP) is 4.63. The van der Waals surface area contributed by atoms with Gasteiger partial charge >= 0.3 is 0 Å². The first-order valence-corrected chi connectivity index (χ1v) is 8.80. The fourth-order valence-electron chi connectivity index (χ4n) is 3.54. The van der Waals surface area contributed by atoms with Crippen LogP contribution in [0, 0.1) is 6.92 Å². The van der Waals surface area contributed by atoms with E-state index in [0.717, 1.165) is 6.42 Å². The molecular weight excluding hydrogens is 287 g/mol. The molecule has 0 atom stereocenters. The molecule has 0 aromatic heterocycles. The third kappa shape index (κ3) is 3.31. The van der Waals surface area contributed by atoms with Gasteiger partial charge in [0.25, 0.3) is 0 Å². The number of benzene rings is 3. The fraction of sp³-hybridized carbons (Fsp3) is 0.217. The van der Waals surface area contributed by atoms with E-state index >= 15 is 0 Å². The number of rotatable bonds is 4. The van der Waals surface area contributed by atoms with Gasteiger partial charge in [-0.15, -0.1) is 0 Å². The average molecular weight is 312 g/mol. The zero-order valence-electron chi connectivity index (χ0n) is 15.1. The molecule has 0 saturated carbocycles. The Labute approximate surface area is 147 Å². The second-order valence-electron chi connectivity index (χ2n) is 6.93. The predicted molar refractivity (Wildman–Crippen MR) is 108 cm³/mol. The Balaban J connectivity index is 2.04. The highest BCUT2D eigenvalue weighted by Gasteiger charge is 2.11. The third-order valence-electron chi connectivity index (χ3n) is 4.94. The van der Waals surface area contributed by atoms with E-state index in [2.05, 4.69) is 95.3 Å². The molecule has 3 aromatic rings. The van der Waals surface area contributed by atoms with E-state index in [1.54, 1.807) is 0 Å². The molecule has 0 heterocycles.